The van der Waals surface area contributed by atoms with Crippen LogP contribution < -0.4 is 0 Å². The second-order valence-electron chi connectivity index (χ2n) is 4.14. The molecule has 0 aliphatic carbocycles. The Morgan fingerprint density at radius 1 is 1.39 bits per heavy atom. The van der Waals surface area contributed by atoms with Crippen LogP contribution in [0.25, 0.3) is 0 Å². The van der Waals surface area contributed by atoms with Crippen molar-refractivity contribution in [2.45, 2.75) is 25.4 Å². The van der Waals surface area contributed by atoms with Crippen LogP contribution in [-0.2, 0) is 19.4 Å². The Bertz CT molecular complexity index is 389. The second-order valence-corrected chi connectivity index (χ2v) is 5.19. The maximum atomic E-state index is 10.7. The van der Waals surface area contributed by atoms with Crippen LogP contribution in [0.1, 0.15) is 19.3 Å². The zero-order valence-electron chi connectivity index (χ0n) is 10.5. The summed E-state index contributed by atoms with van der Waals surface area (Å²) in [6.07, 6.45) is 0.244. The van der Waals surface area contributed by atoms with Gasteiger partial charge in [0.15, 0.2) is 0 Å². The molecule has 0 aliphatic heterocycles. The zero-order chi connectivity index (χ0) is 14.3. The van der Waals surface area contributed by atoms with E-state index in [1.807, 2.05) is 19.0 Å². The first kappa shape index (κ1) is 17.0. The minimum atomic E-state index is -4.69. The molecule has 0 aromatic carbocycles. The van der Waals surface area contributed by atoms with Crippen LogP contribution in [0.15, 0.2) is 12.2 Å². The predicted molar refractivity (Wildman–Crippen MR) is 65.6 cm³/mol. The number of nitrogens with zero attached hydrogens (tertiary/aromatic N) is 1. The lowest BCUT2D eigenvalue weighted by Gasteiger charge is -2.16. The minimum Gasteiger partial charge on any atom is -0.478 e. The van der Waals surface area contributed by atoms with Crippen molar-refractivity contribution in [1.29, 1.82) is 0 Å². The molecular weight excluding hydrogens is 262 g/mol. The molecular formula is C10H19NO6S. The SMILES string of the molecule is C=C(C(=O)O)C(CCCCN(C)C)OS(=O)(=O)O. The largest absolute Gasteiger partial charge is 0.478 e. The molecule has 1 unspecified atom stereocenters. The fourth-order valence-corrected chi connectivity index (χ4v) is 1.83. The van der Waals surface area contributed by atoms with Gasteiger partial charge in [-0.3, -0.25) is 4.55 Å². The number of hydrogen-bond acceptors (Lipinski definition) is 5. The summed E-state index contributed by atoms with van der Waals surface area (Å²) in [5, 5.41) is 8.73. The normalized spacial score (nSPS) is 13.6. The average Bonchev–Trinajstić information content (AvgIpc) is 2.19. The van der Waals surface area contributed by atoms with E-state index in [0.29, 0.717) is 6.42 Å². The molecule has 1 atom stereocenters. The Morgan fingerprint density at radius 3 is 2.33 bits per heavy atom. The van der Waals surface area contributed by atoms with Gasteiger partial charge in [0, 0.05) is 0 Å². The predicted octanol–water partition coefficient (Wildman–Crippen LogP) is 0.547. The van der Waals surface area contributed by atoms with Gasteiger partial charge in [-0.1, -0.05) is 6.58 Å². The van der Waals surface area contributed by atoms with E-state index in [1.165, 1.54) is 0 Å². The second kappa shape index (κ2) is 7.47. The molecule has 0 heterocycles. The highest BCUT2D eigenvalue weighted by molar-refractivity contribution is 7.80. The van der Waals surface area contributed by atoms with Gasteiger partial charge < -0.3 is 10.0 Å². The van der Waals surface area contributed by atoms with Gasteiger partial charge in [-0.05, 0) is 39.9 Å². The summed E-state index contributed by atoms with van der Waals surface area (Å²) >= 11 is 0. The quantitative estimate of drug-likeness (QED) is 0.361. The molecule has 2 N–H and O–H groups in total. The monoisotopic (exact) mass is 281 g/mol. The van der Waals surface area contributed by atoms with Crippen molar-refractivity contribution in [3.8, 4) is 0 Å². The van der Waals surface area contributed by atoms with Crippen LogP contribution in [0.4, 0.5) is 0 Å². The summed E-state index contributed by atoms with van der Waals surface area (Å²) in [5.74, 6) is -1.35. The highest BCUT2D eigenvalue weighted by Gasteiger charge is 2.24. The van der Waals surface area contributed by atoms with Gasteiger partial charge >= 0.3 is 16.4 Å². The fraction of sp³-hybridized carbons (Fsp3) is 0.700. The maximum absolute atomic E-state index is 10.7. The molecule has 0 rings (SSSR count). The van der Waals surface area contributed by atoms with Crippen LogP contribution >= 0.6 is 0 Å². The number of carbonyl (C=O) groups is 1. The molecule has 0 aromatic heterocycles. The summed E-state index contributed by atoms with van der Waals surface area (Å²) in [7, 11) is -0.908. The molecule has 0 saturated carbocycles. The summed E-state index contributed by atoms with van der Waals surface area (Å²) in [6.45, 7) is 4.03. The number of rotatable bonds is 9. The summed E-state index contributed by atoms with van der Waals surface area (Å²) in [4.78, 5) is 12.7. The van der Waals surface area contributed by atoms with Crippen molar-refractivity contribution >= 4 is 16.4 Å². The molecule has 8 heteroatoms. The van der Waals surface area contributed by atoms with Crippen molar-refractivity contribution in [1.82, 2.24) is 4.90 Å². The van der Waals surface area contributed by atoms with Crippen LogP contribution in [-0.4, -0.2) is 55.7 Å². The Kier molecular flexibility index (Phi) is 7.07. The van der Waals surface area contributed by atoms with Gasteiger partial charge in [-0.15, -0.1) is 0 Å². The van der Waals surface area contributed by atoms with Gasteiger partial charge in [0.05, 0.1) is 5.57 Å². The van der Waals surface area contributed by atoms with E-state index in [4.69, 9.17) is 9.66 Å². The molecule has 0 bridgehead atoms. The van der Waals surface area contributed by atoms with Gasteiger partial charge in [0.25, 0.3) is 0 Å². The summed E-state index contributed by atoms with van der Waals surface area (Å²) in [5.41, 5.74) is -0.391. The third-order valence-corrected chi connectivity index (χ3v) is 2.70. The number of aliphatic carboxylic acids is 1. The first-order valence-corrected chi connectivity index (χ1v) is 6.72. The van der Waals surface area contributed by atoms with E-state index in [9.17, 15) is 13.2 Å². The first-order chi connectivity index (χ1) is 8.13. The van der Waals surface area contributed by atoms with E-state index in [-0.39, 0.29) is 6.42 Å². The summed E-state index contributed by atoms with van der Waals surface area (Å²) < 4.78 is 34.1. The van der Waals surface area contributed by atoms with Crippen molar-refractivity contribution < 1.29 is 27.1 Å². The van der Waals surface area contributed by atoms with Crippen molar-refractivity contribution in [3.63, 3.8) is 0 Å². The number of carboxylic acids is 1. The topological polar surface area (TPSA) is 104 Å². The third-order valence-electron chi connectivity index (χ3n) is 2.22. The number of unbranched alkanes of at least 4 members (excludes halogenated alkanes) is 1. The van der Waals surface area contributed by atoms with Crippen molar-refractivity contribution in [3.05, 3.63) is 12.2 Å². The van der Waals surface area contributed by atoms with Crippen molar-refractivity contribution in [2.24, 2.45) is 0 Å². The fourth-order valence-electron chi connectivity index (χ4n) is 1.32. The number of hydrogen-bond donors (Lipinski definition) is 2. The van der Waals surface area contributed by atoms with Gasteiger partial charge in [-0.2, -0.15) is 8.42 Å². The molecule has 0 aromatic rings. The molecule has 0 aliphatic rings. The Balaban J connectivity index is 4.40. The van der Waals surface area contributed by atoms with Crippen LogP contribution in [0.3, 0.4) is 0 Å². The standard InChI is InChI=1S/C10H19NO6S/c1-8(10(12)13)9(17-18(14,15)16)6-4-5-7-11(2)3/h9H,1,4-7H2,2-3H3,(H,12,13)(H,14,15,16). The van der Waals surface area contributed by atoms with Crippen LogP contribution in [0.5, 0.6) is 0 Å². The lowest BCUT2D eigenvalue weighted by molar-refractivity contribution is -0.133. The van der Waals surface area contributed by atoms with Crippen molar-refractivity contribution in [2.75, 3.05) is 20.6 Å². The highest BCUT2D eigenvalue weighted by atomic mass is 32.3. The Morgan fingerprint density at radius 2 is 1.94 bits per heavy atom. The Hall–Kier alpha value is -0.960. The smallest absolute Gasteiger partial charge is 0.397 e. The average molecular weight is 281 g/mol. The zero-order valence-corrected chi connectivity index (χ0v) is 11.3. The molecule has 18 heavy (non-hydrogen) atoms. The van der Waals surface area contributed by atoms with Gasteiger partial charge in [0.1, 0.15) is 6.10 Å². The van der Waals surface area contributed by atoms with Gasteiger partial charge in [-0.25, -0.2) is 8.98 Å². The molecule has 0 spiro atoms. The molecule has 0 fully saturated rings. The molecule has 7 nitrogen and oxygen atoms in total. The summed E-state index contributed by atoms with van der Waals surface area (Å²) in [6, 6.07) is 0. The number of carboxylic acid groups (broad SMARTS) is 1. The first-order valence-electron chi connectivity index (χ1n) is 5.36. The molecule has 0 saturated heterocycles. The van der Waals surface area contributed by atoms with E-state index in [1.54, 1.807) is 0 Å². The highest BCUT2D eigenvalue weighted by Crippen LogP contribution is 2.15. The Labute approximate surface area is 107 Å². The third kappa shape index (κ3) is 8.18. The minimum absolute atomic E-state index is 0.165. The van der Waals surface area contributed by atoms with E-state index < -0.39 is 28.0 Å². The lowest BCUT2D eigenvalue weighted by atomic mass is 10.1. The molecule has 0 amide bonds. The van der Waals surface area contributed by atoms with E-state index >= 15 is 0 Å². The van der Waals surface area contributed by atoms with Crippen LogP contribution in [0.2, 0.25) is 0 Å². The van der Waals surface area contributed by atoms with E-state index in [0.717, 1.165) is 13.0 Å². The maximum Gasteiger partial charge on any atom is 0.397 e. The lowest BCUT2D eigenvalue weighted by Crippen LogP contribution is -2.24. The van der Waals surface area contributed by atoms with E-state index in [2.05, 4.69) is 10.8 Å². The van der Waals surface area contributed by atoms with Crippen LogP contribution in [0, 0.1) is 0 Å². The molecule has 0 radical (unpaired) electrons. The molecule has 106 valence electrons. The van der Waals surface area contributed by atoms with Gasteiger partial charge in [0.2, 0.25) is 0 Å².